The Bertz CT molecular complexity index is 452. The van der Waals surface area contributed by atoms with Gasteiger partial charge < -0.3 is 19.8 Å². The topological polar surface area (TPSA) is 109 Å². The van der Waals surface area contributed by atoms with E-state index in [1.165, 1.54) is 7.05 Å². The van der Waals surface area contributed by atoms with Crippen molar-refractivity contribution in [3.05, 3.63) is 11.7 Å². The van der Waals surface area contributed by atoms with E-state index in [-0.39, 0.29) is 11.9 Å². The summed E-state index contributed by atoms with van der Waals surface area (Å²) in [6.07, 6.45) is 1.91. The van der Waals surface area contributed by atoms with Crippen molar-refractivity contribution in [3.8, 4) is 0 Å². The average Bonchev–Trinajstić information content (AvgIpc) is 2.97. The van der Waals surface area contributed by atoms with E-state index in [1.807, 2.05) is 0 Å². The Morgan fingerprint density at radius 2 is 2.39 bits per heavy atom. The lowest BCUT2D eigenvalue weighted by Crippen LogP contribution is -2.32. The Kier molecular flexibility index (Phi) is 3.56. The third kappa shape index (κ3) is 2.65. The van der Waals surface area contributed by atoms with Crippen LogP contribution >= 0.6 is 0 Å². The van der Waals surface area contributed by atoms with Gasteiger partial charge in [0.2, 0.25) is 5.89 Å². The number of carboxylic acid groups (broad SMARTS) is 1. The van der Waals surface area contributed by atoms with Crippen LogP contribution in [0.2, 0.25) is 0 Å². The Balaban J connectivity index is 2.04. The maximum absolute atomic E-state index is 11.8. The molecule has 2 rings (SSSR count). The highest BCUT2D eigenvalue weighted by molar-refractivity contribution is 5.92. The predicted molar refractivity (Wildman–Crippen MR) is 58.9 cm³/mol. The van der Waals surface area contributed by atoms with Crippen molar-refractivity contribution in [1.29, 1.82) is 0 Å². The van der Waals surface area contributed by atoms with Gasteiger partial charge in [0.05, 0.1) is 6.04 Å². The molecule has 1 aliphatic rings. The Morgan fingerprint density at radius 3 is 3.00 bits per heavy atom. The molecule has 1 atom stereocenters. The number of amides is 1. The first-order valence-electron chi connectivity index (χ1n) is 5.62. The fraction of sp³-hybridized carbons (Fsp3) is 0.600. The van der Waals surface area contributed by atoms with Crippen molar-refractivity contribution in [2.45, 2.75) is 18.9 Å². The Morgan fingerprint density at radius 1 is 1.61 bits per heavy atom. The van der Waals surface area contributed by atoms with E-state index >= 15 is 0 Å². The molecule has 0 aliphatic carbocycles. The summed E-state index contributed by atoms with van der Waals surface area (Å²) in [7, 11) is 1.38. The van der Waals surface area contributed by atoms with Crippen LogP contribution in [0.5, 0.6) is 0 Å². The molecule has 1 saturated heterocycles. The van der Waals surface area contributed by atoms with Gasteiger partial charge in [-0.3, -0.25) is 9.59 Å². The molecule has 0 aromatic carbocycles. The summed E-state index contributed by atoms with van der Waals surface area (Å²) < 4.78 is 5.01. The minimum absolute atomic E-state index is 0.0103. The number of aliphatic carboxylic acids is 1. The second kappa shape index (κ2) is 5.13. The number of aromatic nitrogens is 2. The van der Waals surface area contributed by atoms with Crippen LogP contribution in [-0.2, 0) is 4.79 Å². The van der Waals surface area contributed by atoms with Crippen LogP contribution < -0.4 is 5.32 Å². The highest BCUT2D eigenvalue weighted by Crippen LogP contribution is 2.21. The number of nitrogens with zero attached hydrogens (tertiary/aromatic N) is 3. The molecule has 1 aromatic heterocycles. The van der Waals surface area contributed by atoms with Crippen molar-refractivity contribution < 1.29 is 19.2 Å². The van der Waals surface area contributed by atoms with E-state index < -0.39 is 18.4 Å². The van der Waals surface area contributed by atoms with E-state index in [1.54, 1.807) is 0 Å². The van der Waals surface area contributed by atoms with Crippen molar-refractivity contribution in [3.63, 3.8) is 0 Å². The van der Waals surface area contributed by atoms with Crippen LogP contribution in [-0.4, -0.2) is 52.2 Å². The number of nitrogens with one attached hydrogen (secondary N) is 1. The molecule has 8 nitrogen and oxygen atoms in total. The van der Waals surface area contributed by atoms with Gasteiger partial charge in [0.1, 0.15) is 6.54 Å². The molecule has 98 valence electrons. The van der Waals surface area contributed by atoms with Crippen molar-refractivity contribution in [1.82, 2.24) is 20.4 Å². The second-order valence-corrected chi connectivity index (χ2v) is 4.16. The third-order valence-electron chi connectivity index (χ3n) is 2.71. The summed E-state index contributed by atoms with van der Waals surface area (Å²) in [5, 5.41) is 15.3. The minimum Gasteiger partial charge on any atom is -0.480 e. The number of rotatable bonds is 4. The maximum Gasteiger partial charge on any atom is 0.323 e. The van der Waals surface area contributed by atoms with Gasteiger partial charge in [0.25, 0.3) is 11.7 Å². The summed E-state index contributed by atoms with van der Waals surface area (Å²) in [5.41, 5.74) is 0. The lowest BCUT2D eigenvalue weighted by molar-refractivity contribution is -0.137. The van der Waals surface area contributed by atoms with Crippen LogP contribution in [0.25, 0.3) is 0 Å². The molecule has 1 unspecified atom stereocenters. The van der Waals surface area contributed by atoms with Crippen molar-refractivity contribution >= 4 is 11.9 Å². The van der Waals surface area contributed by atoms with Crippen molar-refractivity contribution in [2.75, 3.05) is 20.1 Å². The summed E-state index contributed by atoms with van der Waals surface area (Å²) in [6.45, 7) is 0.486. The van der Waals surface area contributed by atoms with E-state index in [4.69, 9.17) is 9.63 Å². The molecular weight excluding hydrogens is 240 g/mol. The van der Waals surface area contributed by atoms with Gasteiger partial charge in [0.15, 0.2) is 0 Å². The van der Waals surface area contributed by atoms with Crippen molar-refractivity contribution in [2.24, 2.45) is 0 Å². The first kappa shape index (κ1) is 12.5. The molecule has 18 heavy (non-hydrogen) atoms. The number of carbonyl (C=O) groups is 2. The largest absolute Gasteiger partial charge is 0.480 e. The molecule has 1 aromatic rings. The number of carbonyl (C=O) groups excluding carboxylic acids is 1. The zero-order valence-corrected chi connectivity index (χ0v) is 9.92. The van der Waals surface area contributed by atoms with Crippen LogP contribution in [0.1, 0.15) is 35.4 Å². The van der Waals surface area contributed by atoms with Gasteiger partial charge in [-0.2, -0.15) is 4.98 Å². The molecule has 0 saturated carbocycles. The summed E-state index contributed by atoms with van der Waals surface area (Å²) in [4.78, 5) is 27.3. The van der Waals surface area contributed by atoms with Gasteiger partial charge in [-0.15, -0.1) is 0 Å². The average molecular weight is 254 g/mol. The molecule has 1 fully saturated rings. The normalized spacial score (nSPS) is 18.8. The summed E-state index contributed by atoms with van der Waals surface area (Å²) >= 11 is 0. The maximum atomic E-state index is 11.8. The molecule has 2 heterocycles. The Labute approximate surface area is 103 Å². The van der Waals surface area contributed by atoms with E-state index in [9.17, 15) is 9.59 Å². The minimum atomic E-state index is -1.09. The highest BCUT2D eigenvalue weighted by atomic mass is 16.5. The van der Waals surface area contributed by atoms with Gasteiger partial charge in [0, 0.05) is 7.05 Å². The standard InChI is InChI=1S/C10H14N4O4/c1-14(5-7(15)16)10(17)8-12-9(18-13-8)6-3-2-4-11-6/h6,11H,2-5H2,1H3,(H,15,16). The third-order valence-corrected chi connectivity index (χ3v) is 2.71. The Hall–Kier alpha value is -1.96. The molecule has 1 aliphatic heterocycles. The SMILES string of the molecule is CN(CC(=O)O)C(=O)c1noc(C2CCCN2)n1. The first-order valence-corrected chi connectivity index (χ1v) is 5.62. The zero-order valence-electron chi connectivity index (χ0n) is 9.92. The molecule has 0 radical (unpaired) electrons. The monoisotopic (exact) mass is 254 g/mol. The number of hydrogen-bond donors (Lipinski definition) is 2. The molecule has 1 amide bonds. The number of hydrogen-bond acceptors (Lipinski definition) is 6. The first-order chi connectivity index (χ1) is 8.58. The predicted octanol–water partition coefficient (Wildman–Crippen LogP) is -0.349. The summed E-state index contributed by atoms with van der Waals surface area (Å²) in [5.74, 6) is -1.39. The molecular formula is C10H14N4O4. The van der Waals surface area contributed by atoms with Gasteiger partial charge in [-0.1, -0.05) is 5.16 Å². The van der Waals surface area contributed by atoms with Crippen LogP contribution in [0, 0.1) is 0 Å². The number of likely N-dealkylation sites (N-methyl/N-ethyl adjacent to an activating group) is 1. The highest BCUT2D eigenvalue weighted by Gasteiger charge is 2.25. The van der Waals surface area contributed by atoms with E-state index in [0.29, 0.717) is 5.89 Å². The van der Waals surface area contributed by atoms with Crippen LogP contribution in [0.15, 0.2) is 4.52 Å². The zero-order chi connectivity index (χ0) is 13.1. The molecule has 8 heteroatoms. The second-order valence-electron chi connectivity index (χ2n) is 4.16. The van der Waals surface area contributed by atoms with Crippen LogP contribution in [0.3, 0.4) is 0 Å². The lowest BCUT2D eigenvalue weighted by atomic mass is 10.2. The molecule has 0 spiro atoms. The summed E-state index contributed by atoms with van der Waals surface area (Å²) in [6, 6.07) is -0.0103. The van der Waals surface area contributed by atoms with E-state index in [2.05, 4.69) is 15.5 Å². The molecule has 0 bridgehead atoms. The van der Waals surface area contributed by atoms with Crippen LogP contribution in [0.4, 0.5) is 0 Å². The lowest BCUT2D eigenvalue weighted by Gasteiger charge is -2.10. The van der Waals surface area contributed by atoms with E-state index in [0.717, 1.165) is 24.3 Å². The fourth-order valence-electron chi connectivity index (χ4n) is 1.80. The van der Waals surface area contributed by atoms with Gasteiger partial charge in [-0.25, -0.2) is 0 Å². The quantitative estimate of drug-likeness (QED) is 0.755. The fourth-order valence-corrected chi connectivity index (χ4v) is 1.80. The van der Waals surface area contributed by atoms with Gasteiger partial charge >= 0.3 is 5.97 Å². The van der Waals surface area contributed by atoms with Gasteiger partial charge in [-0.05, 0) is 19.4 Å². The smallest absolute Gasteiger partial charge is 0.323 e. The number of carboxylic acids is 1. The molecule has 2 N–H and O–H groups in total.